The summed E-state index contributed by atoms with van der Waals surface area (Å²) in [5, 5.41) is 4.19. The number of carbonyl (C=O) groups is 1. The predicted octanol–water partition coefficient (Wildman–Crippen LogP) is 3.46. The van der Waals surface area contributed by atoms with E-state index in [0.717, 1.165) is 0 Å². The minimum atomic E-state index is 0.0262. The molecule has 0 spiro atoms. The van der Waals surface area contributed by atoms with Crippen LogP contribution in [0.15, 0.2) is 36.7 Å². The van der Waals surface area contributed by atoms with Gasteiger partial charge in [-0.25, -0.2) is 0 Å². The molecular weight excluding hydrogens is 228 g/mol. The van der Waals surface area contributed by atoms with Gasteiger partial charge in [-0.3, -0.25) is 9.48 Å². The van der Waals surface area contributed by atoms with Gasteiger partial charge in [-0.15, -0.1) is 0 Å². The molecule has 2 aromatic rings. The number of aromatic nitrogens is 2. The minimum Gasteiger partial charge on any atom is -0.454 e. The van der Waals surface area contributed by atoms with E-state index in [1.165, 1.54) is 6.92 Å². The van der Waals surface area contributed by atoms with E-state index in [1.807, 2.05) is 30.8 Å². The summed E-state index contributed by atoms with van der Waals surface area (Å²) in [6.45, 7) is 5.64. The molecule has 18 heavy (non-hydrogen) atoms. The maximum Gasteiger partial charge on any atom is 0.165 e. The summed E-state index contributed by atoms with van der Waals surface area (Å²) in [6.07, 6.45) is 3.51. The zero-order chi connectivity index (χ0) is 13.1. The third-order valence-corrected chi connectivity index (χ3v) is 2.58. The van der Waals surface area contributed by atoms with Gasteiger partial charge in [0.25, 0.3) is 0 Å². The molecule has 0 unspecified atom stereocenters. The molecule has 0 saturated carbocycles. The molecule has 0 aliphatic carbocycles. The van der Waals surface area contributed by atoms with Gasteiger partial charge in [0.1, 0.15) is 5.75 Å². The number of ether oxygens (including phenoxy) is 1. The van der Waals surface area contributed by atoms with Crippen LogP contribution >= 0.6 is 0 Å². The summed E-state index contributed by atoms with van der Waals surface area (Å²) in [6, 6.07) is 7.42. The average molecular weight is 244 g/mol. The van der Waals surface area contributed by atoms with Crippen LogP contribution in [0, 0.1) is 0 Å². The number of hydrogen-bond acceptors (Lipinski definition) is 3. The van der Waals surface area contributed by atoms with Gasteiger partial charge >= 0.3 is 0 Å². The number of nitrogens with zero attached hydrogens (tertiary/aromatic N) is 2. The summed E-state index contributed by atoms with van der Waals surface area (Å²) < 4.78 is 7.49. The molecule has 0 aliphatic rings. The fraction of sp³-hybridized carbons (Fsp3) is 0.286. The Balaban J connectivity index is 2.17. The van der Waals surface area contributed by atoms with Crippen molar-refractivity contribution >= 4 is 5.78 Å². The first-order valence-corrected chi connectivity index (χ1v) is 5.89. The molecule has 1 aromatic carbocycles. The van der Waals surface area contributed by atoms with E-state index in [1.54, 1.807) is 24.4 Å². The lowest BCUT2D eigenvalue weighted by molar-refractivity contribution is 0.101. The van der Waals surface area contributed by atoms with E-state index in [-0.39, 0.29) is 5.78 Å². The van der Waals surface area contributed by atoms with Crippen LogP contribution < -0.4 is 4.74 Å². The third kappa shape index (κ3) is 2.77. The normalized spacial score (nSPS) is 10.7. The topological polar surface area (TPSA) is 44.1 Å². The minimum absolute atomic E-state index is 0.0262. The van der Waals surface area contributed by atoms with Crippen LogP contribution in [0.3, 0.4) is 0 Å². The SMILES string of the molecule is CC(=O)c1cccc(Oc2cnn(C(C)C)c2)c1. The summed E-state index contributed by atoms with van der Waals surface area (Å²) in [5.41, 5.74) is 0.642. The number of ketones is 1. The van der Waals surface area contributed by atoms with Crippen molar-refractivity contribution in [2.45, 2.75) is 26.8 Å². The lowest BCUT2D eigenvalue weighted by Crippen LogP contribution is -1.99. The van der Waals surface area contributed by atoms with Crippen LogP contribution in [-0.4, -0.2) is 15.6 Å². The van der Waals surface area contributed by atoms with E-state index in [9.17, 15) is 4.79 Å². The highest BCUT2D eigenvalue weighted by atomic mass is 16.5. The maximum absolute atomic E-state index is 11.3. The molecule has 0 atom stereocenters. The van der Waals surface area contributed by atoms with Gasteiger partial charge < -0.3 is 4.74 Å². The van der Waals surface area contributed by atoms with Crippen LogP contribution in [0.5, 0.6) is 11.5 Å². The molecule has 4 nitrogen and oxygen atoms in total. The van der Waals surface area contributed by atoms with Crippen molar-refractivity contribution in [2.24, 2.45) is 0 Å². The summed E-state index contributed by atoms with van der Waals surface area (Å²) in [5.74, 6) is 1.34. The standard InChI is InChI=1S/C14H16N2O2/c1-10(2)16-9-14(8-15-16)18-13-6-4-5-12(7-13)11(3)17/h4-10H,1-3H3. The van der Waals surface area contributed by atoms with E-state index in [4.69, 9.17) is 4.74 Å². The number of Topliss-reactive ketones (excluding diaryl/α,β-unsaturated/α-hetero) is 1. The molecule has 0 fully saturated rings. The van der Waals surface area contributed by atoms with Gasteiger partial charge in [0.05, 0.1) is 12.4 Å². The molecule has 0 amide bonds. The highest BCUT2D eigenvalue weighted by Gasteiger charge is 2.05. The molecular formula is C14H16N2O2. The van der Waals surface area contributed by atoms with Crippen molar-refractivity contribution in [3.05, 3.63) is 42.2 Å². The second kappa shape index (κ2) is 5.04. The van der Waals surface area contributed by atoms with Crippen LogP contribution in [0.4, 0.5) is 0 Å². The zero-order valence-electron chi connectivity index (χ0n) is 10.8. The lowest BCUT2D eigenvalue weighted by atomic mass is 10.1. The van der Waals surface area contributed by atoms with Gasteiger partial charge in [0.15, 0.2) is 11.5 Å². The van der Waals surface area contributed by atoms with Crippen LogP contribution in [0.1, 0.15) is 37.2 Å². The van der Waals surface area contributed by atoms with Crippen molar-refractivity contribution in [1.82, 2.24) is 9.78 Å². The molecule has 4 heteroatoms. The Kier molecular flexibility index (Phi) is 3.46. The van der Waals surface area contributed by atoms with Gasteiger partial charge in [0.2, 0.25) is 0 Å². The highest BCUT2D eigenvalue weighted by molar-refractivity contribution is 5.94. The van der Waals surface area contributed by atoms with Crippen molar-refractivity contribution < 1.29 is 9.53 Å². The molecule has 0 radical (unpaired) electrons. The van der Waals surface area contributed by atoms with E-state index in [0.29, 0.717) is 23.1 Å². The third-order valence-electron chi connectivity index (χ3n) is 2.58. The van der Waals surface area contributed by atoms with Gasteiger partial charge in [0, 0.05) is 11.6 Å². The number of carbonyl (C=O) groups excluding carboxylic acids is 1. The second-order valence-corrected chi connectivity index (χ2v) is 4.44. The van der Waals surface area contributed by atoms with Crippen LogP contribution in [0.25, 0.3) is 0 Å². The van der Waals surface area contributed by atoms with Gasteiger partial charge in [-0.2, -0.15) is 5.10 Å². The molecule has 2 rings (SSSR count). The first-order chi connectivity index (χ1) is 8.56. The van der Waals surface area contributed by atoms with Crippen LogP contribution in [0.2, 0.25) is 0 Å². The first kappa shape index (κ1) is 12.4. The Morgan fingerprint density at radius 2 is 2.11 bits per heavy atom. The Morgan fingerprint density at radius 3 is 2.72 bits per heavy atom. The summed E-state index contributed by atoms with van der Waals surface area (Å²) in [4.78, 5) is 11.3. The van der Waals surface area contributed by atoms with E-state index < -0.39 is 0 Å². The van der Waals surface area contributed by atoms with Crippen molar-refractivity contribution in [3.8, 4) is 11.5 Å². The Morgan fingerprint density at radius 1 is 1.33 bits per heavy atom. The average Bonchev–Trinajstić information content (AvgIpc) is 2.78. The van der Waals surface area contributed by atoms with Crippen LogP contribution in [-0.2, 0) is 0 Å². The first-order valence-electron chi connectivity index (χ1n) is 5.89. The fourth-order valence-electron chi connectivity index (χ4n) is 1.57. The number of hydrogen-bond donors (Lipinski definition) is 0. The lowest BCUT2D eigenvalue weighted by Gasteiger charge is -2.05. The molecule has 1 heterocycles. The zero-order valence-corrected chi connectivity index (χ0v) is 10.8. The van der Waals surface area contributed by atoms with E-state index in [2.05, 4.69) is 5.10 Å². The molecule has 0 bridgehead atoms. The fourth-order valence-corrected chi connectivity index (χ4v) is 1.57. The molecule has 0 N–H and O–H groups in total. The molecule has 0 aliphatic heterocycles. The Hall–Kier alpha value is -2.10. The monoisotopic (exact) mass is 244 g/mol. The number of benzene rings is 1. The van der Waals surface area contributed by atoms with Crippen molar-refractivity contribution in [3.63, 3.8) is 0 Å². The Labute approximate surface area is 106 Å². The molecule has 94 valence electrons. The predicted molar refractivity (Wildman–Crippen MR) is 69.1 cm³/mol. The van der Waals surface area contributed by atoms with Gasteiger partial charge in [-0.05, 0) is 32.9 Å². The summed E-state index contributed by atoms with van der Waals surface area (Å²) in [7, 11) is 0. The quantitative estimate of drug-likeness (QED) is 0.773. The summed E-state index contributed by atoms with van der Waals surface area (Å²) >= 11 is 0. The smallest absolute Gasteiger partial charge is 0.165 e. The highest BCUT2D eigenvalue weighted by Crippen LogP contribution is 2.22. The van der Waals surface area contributed by atoms with E-state index >= 15 is 0 Å². The second-order valence-electron chi connectivity index (χ2n) is 4.44. The Bertz CT molecular complexity index is 558. The van der Waals surface area contributed by atoms with Crippen molar-refractivity contribution in [1.29, 1.82) is 0 Å². The number of rotatable bonds is 4. The van der Waals surface area contributed by atoms with Crippen molar-refractivity contribution in [2.75, 3.05) is 0 Å². The van der Waals surface area contributed by atoms with Gasteiger partial charge in [-0.1, -0.05) is 12.1 Å². The molecule has 0 saturated heterocycles. The largest absolute Gasteiger partial charge is 0.454 e. The molecule has 1 aromatic heterocycles. The maximum atomic E-state index is 11.3.